The predicted octanol–water partition coefficient (Wildman–Crippen LogP) is 3.10. The van der Waals surface area contributed by atoms with Crippen LogP contribution in [0.25, 0.3) is 11.1 Å². The molecule has 0 radical (unpaired) electrons. The van der Waals surface area contributed by atoms with E-state index < -0.39 is 0 Å². The Balaban J connectivity index is 1.53. The minimum atomic E-state index is -0.231. The van der Waals surface area contributed by atoms with Crippen LogP contribution in [0.1, 0.15) is 42.4 Å². The number of hydrogen-bond acceptors (Lipinski definition) is 5. The van der Waals surface area contributed by atoms with Crippen molar-refractivity contribution in [3.8, 4) is 0 Å². The van der Waals surface area contributed by atoms with Gasteiger partial charge in [-0.3, -0.25) is 14.6 Å². The number of nitrogens with zero attached hydrogens (tertiary/aromatic N) is 2. The van der Waals surface area contributed by atoms with Crippen molar-refractivity contribution in [2.75, 3.05) is 11.9 Å². The second kappa shape index (κ2) is 7.77. The van der Waals surface area contributed by atoms with E-state index in [0.717, 1.165) is 0 Å². The third kappa shape index (κ3) is 4.24. The van der Waals surface area contributed by atoms with Gasteiger partial charge in [0.15, 0.2) is 11.5 Å². The van der Waals surface area contributed by atoms with Crippen LogP contribution >= 0.6 is 0 Å². The third-order valence-electron chi connectivity index (χ3n) is 3.76. The summed E-state index contributed by atoms with van der Waals surface area (Å²) in [5.41, 5.74) is 2.55. The van der Waals surface area contributed by atoms with Crippen molar-refractivity contribution in [1.29, 1.82) is 0 Å². The minimum absolute atomic E-state index is 0.172. The monoisotopic (exact) mass is 352 g/mol. The molecule has 7 heteroatoms. The molecule has 0 unspecified atom stereocenters. The fourth-order valence-corrected chi connectivity index (χ4v) is 2.39. The van der Waals surface area contributed by atoms with E-state index in [2.05, 4.69) is 20.6 Å². The summed E-state index contributed by atoms with van der Waals surface area (Å²) in [6.07, 6.45) is 3.27. The summed E-state index contributed by atoms with van der Waals surface area (Å²) in [6.45, 7) is 4.26. The highest BCUT2D eigenvalue weighted by atomic mass is 16.3. The first-order valence-corrected chi connectivity index (χ1v) is 8.41. The van der Waals surface area contributed by atoms with Crippen LogP contribution in [0.4, 0.5) is 5.69 Å². The van der Waals surface area contributed by atoms with Crippen molar-refractivity contribution in [2.45, 2.75) is 26.2 Å². The summed E-state index contributed by atoms with van der Waals surface area (Å²) < 4.78 is 5.65. The van der Waals surface area contributed by atoms with Crippen LogP contribution < -0.4 is 10.6 Å². The van der Waals surface area contributed by atoms with Crippen molar-refractivity contribution in [3.05, 3.63) is 54.2 Å². The summed E-state index contributed by atoms with van der Waals surface area (Å²) in [5, 5.41) is 5.51. The number of carbonyl (C=O) groups is 2. The van der Waals surface area contributed by atoms with Gasteiger partial charge in [-0.2, -0.15) is 0 Å². The lowest BCUT2D eigenvalue weighted by atomic mass is 10.2. The summed E-state index contributed by atoms with van der Waals surface area (Å²) in [7, 11) is 0. The molecule has 0 fully saturated rings. The van der Waals surface area contributed by atoms with Crippen molar-refractivity contribution >= 4 is 28.6 Å². The number of fused-ring (bicyclic) bond motifs is 1. The molecule has 2 heterocycles. The average Bonchev–Trinajstić information content (AvgIpc) is 3.06. The van der Waals surface area contributed by atoms with Gasteiger partial charge >= 0.3 is 0 Å². The molecule has 2 amide bonds. The van der Waals surface area contributed by atoms with Crippen LogP contribution in [-0.4, -0.2) is 28.3 Å². The van der Waals surface area contributed by atoms with Gasteiger partial charge in [-0.1, -0.05) is 13.8 Å². The van der Waals surface area contributed by atoms with Gasteiger partial charge in [0, 0.05) is 42.5 Å². The van der Waals surface area contributed by atoms with Gasteiger partial charge in [-0.25, -0.2) is 4.98 Å². The Hall–Kier alpha value is -3.22. The first kappa shape index (κ1) is 17.6. The topological polar surface area (TPSA) is 97.1 Å². The van der Waals surface area contributed by atoms with Crippen molar-refractivity contribution < 1.29 is 14.0 Å². The maximum Gasteiger partial charge on any atom is 0.251 e. The highest BCUT2D eigenvalue weighted by Crippen LogP contribution is 2.23. The molecule has 0 saturated heterocycles. The van der Waals surface area contributed by atoms with E-state index >= 15 is 0 Å². The lowest BCUT2D eigenvalue weighted by Crippen LogP contribution is -2.27. The molecule has 26 heavy (non-hydrogen) atoms. The molecule has 134 valence electrons. The van der Waals surface area contributed by atoms with Crippen LogP contribution in [0, 0.1) is 0 Å². The number of nitrogens with one attached hydrogen (secondary N) is 2. The van der Waals surface area contributed by atoms with Crippen molar-refractivity contribution in [1.82, 2.24) is 15.3 Å². The Kier molecular flexibility index (Phi) is 5.26. The van der Waals surface area contributed by atoms with E-state index in [1.807, 2.05) is 13.8 Å². The Morgan fingerprint density at radius 2 is 1.92 bits per heavy atom. The first-order valence-electron chi connectivity index (χ1n) is 8.41. The zero-order valence-corrected chi connectivity index (χ0v) is 14.7. The molecular formula is C19H20N4O3. The largest absolute Gasteiger partial charge is 0.440 e. The molecule has 2 N–H and O–H groups in total. The predicted molar refractivity (Wildman–Crippen MR) is 97.9 cm³/mol. The molecule has 0 saturated carbocycles. The number of anilines is 1. The van der Waals surface area contributed by atoms with E-state index in [0.29, 0.717) is 28.2 Å². The van der Waals surface area contributed by atoms with Gasteiger partial charge < -0.3 is 15.1 Å². The summed E-state index contributed by atoms with van der Waals surface area (Å²) in [5.74, 6) is 0.448. The van der Waals surface area contributed by atoms with E-state index in [1.165, 1.54) is 0 Å². The van der Waals surface area contributed by atoms with E-state index in [-0.39, 0.29) is 30.7 Å². The molecule has 7 nitrogen and oxygen atoms in total. The van der Waals surface area contributed by atoms with Gasteiger partial charge in [0.05, 0.1) is 0 Å². The number of aromatic nitrogens is 2. The van der Waals surface area contributed by atoms with Crippen molar-refractivity contribution in [3.63, 3.8) is 0 Å². The smallest absolute Gasteiger partial charge is 0.251 e. The molecule has 0 aliphatic carbocycles. The maximum atomic E-state index is 12.1. The Morgan fingerprint density at radius 1 is 1.15 bits per heavy atom. The number of amides is 2. The maximum absolute atomic E-state index is 12.1. The number of carbonyl (C=O) groups excluding carboxylic acids is 2. The number of benzene rings is 1. The van der Waals surface area contributed by atoms with Crippen LogP contribution in [-0.2, 0) is 4.79 Å². The Bertz CT molecular complexity index is 919. The fourth-order valence-electron chi connectivity index (χ4n) is 2.39. The molecule has 0 atom stereocenters. The van der Waals surface area contributed by atoms with E-state index in [9.17, 15) is 9.59 Å². The molecule has 0 aliphatic heterocycles. The zero-order chi connectivity index (χ0) is 18.5. The molecular weight excluding hydrogens is 332 g/mol. The number of hydrogen-bond donors (Lipinski definition) is 2. The highest BCUT2D eigenvalue weighted by Gasteiger charge is 2.11. The first-order chi connectivity index (χ1) is 12.5. The third-order valence-corrected chi connectivity index (χ3v) is 3.76. The molecule has 3 aromatic rings. The van der Waals surface area contributed by atoms with Crippen LogP contribution in [0.2, 0.25) is 0 Å². The summed E-state index contributed by atoms with van der Waals surface area (Å²) >= 11 is 0. The Morgan fingerprint density at radius 3 is 2.65 bits per heavy atom. The average molecular weight is 352 g/mol. The quantitative estimate of drug-likeness (QED) is 0.710. The second-order valence-corrected chi connectivity index (χ2v) is 6.18. The molecule has 0 spiro atoms. The molecule has 0 bridgehead atoms. The standard InChI is InChI=1S/C19H20N4O3/c1-12(2)19-23-15-11-14(3-4-16(15)26-19)22-17(24)7-10-21-18(25)13-5-8-20-9-6-13/h3-6,8-9,11-12H,7,10H2,1-2H3,(H,21,25)(H,22,24). The minimum Gasteiger partial charge on any atom is -0.440 e. The lowest BCUT2D eigenvalue weighted by Gasteiger charge is -2.06. The van der Waals surface area contributed by atoms with Crippen LogP contribution in [0.3, 0.4) is 0 Å². The lowest BCUT2D eigenvalue weighted by molar-refractivity contribution is -0.116. The van der Waals surface area contributed by atoms with E-state index in [4.69, 9.17) is 4.42 Å². The number of rotatable bonds is 6. The number of oxazole rings is 1. The molecule has 2 aromatic heterocycles. The van der Waals surface area contributed by atoms with Gasteiger partial charge in [-0.05, 0) is 30.3 Å². The fraction of sp³-hybridized carbons (Fsp3) is 0.263. The van der Waals surface area contributed by atoms with Gasteiger partial charge in [0.1, 0.15) is 5.52 Å². The Labute approximate surface area is 150 Å². The van der Waals surface area contributed by atoms with Crippen LogP contribution in [0.15, 0.2) is 47.1 Å². The number of pyridine rings is 1. The SMILES string of the molecule is CC(C)c1nc2cc(NC(=O)CCNC(=O)c3ccncc3)ccc2o1. The van der Waals surface area contributed by atoms with Gasteiger partial charge in [0.25, 0.3) is 5.91 Å². The van der Waals surface area contributed by atoms with Crippen molar-refractivity contribution in [2.24, 2.45) is 0 Å². The summed E-state index contributed by atoms with van der Waals surface area (Å²) in [6, 6.07) is 8.57. The van der Waals surface area contributed by atoms with Crippen LogP contribution in [0.5, 0.6) is 0 Å². The molecule has 1 aromatic carbocycles. The van der Waals surface area contributed by atoms with Gasteiger partial charge in [-0.15, -0.1) is 0 Å². The molecule has 3 rings (SSSR count). The normalized spacial score (nSPS) is 10.9. The molecule has 0 aliphatic rings. The second-order valence-electron chi connectivity index (χ2n) is 6.18. The highest BCUT2D eigenvalue weighted by molar-refractivity contribution is 5.95. The summed E-state index contributed by atoms with van der Waals surface area (Å²) in [4.78, 5) is 32.2. The zero-order valence-electron chi connectivity index (χ0n) is 14.7. The van der Waals surface area contributed by atoms with Gasteiger partial charge in [0.2, 0.25) is 5.91 Å². The van der Waals surface area contributed by atoms with E-state index in [1.54, 1.807) is 42.7 Å².